The summed E-state index contributed by atoms with van der Waals surface area (Å²) in [6, 6.07) is 6.93. The van der Waals surface area contributed by atoms with Gasteiger partial charge in [0, 0.05) is 30.0 Å². The van der Waals surface area contributed by atoms with Gasteiger partial charge in [-0.05, 0) is 76.4 Å². The summed E-state index contributed by atoms with van der Waals surface area (Å²) >= 11 is 12.8. The van der Waals surface area contributed by atoms with E-state index in [4.69, 9.17) is 16.3 Å². The Hall–Kier alpha value is -1.84. The van der Waals surface area contributed by atoms with Crippen LogP contribution in [0.2, 0.25) is 5.02 Å². The Morgan fingerprint density at radius 2 is 2.03 bits per heavy atom. The molecule has 0 saturated heterocycles. The maximum absolute atomic E-state index is 12.3. The summed E-state index contributed by atoms with van der Waals surface area (Å²) < 4.78 is 11.0. The van der Waals surface area contributed by atoms with Crippen molar-refractivity contribution in [2.45, 2.75) is 33.5 Å². The molecule has 0 saturated carbocycles. The molecule has 3 rings (SSSR count). The van der Waals surface area contributed by atoms with Crippen molar-refractivity contribution in [3.05, 3.63) is 61.5 Å². The first kappa shape index (κ1) is 21.9. The molecule has 1 aromatic carbocycles. The van der Waals surface area contributed by atoms with Gasteiger partial charge >= 0.3 is 0 Å². The second-order valence-electron chi connectivity index (χ2n) is 6.41. The minimum Gasteiger partial charge on any atom is -0.470 e. The SMILES string of the molecule is Cc1nn(CCCNC(=O)c2ccn(COc3ccc(Cl)cc3Br)n2)c(C)c1Br. The van der Waals surface area contributed by atoms with Crippen LogP contribution in [0.3, 0.4) is 0 Å². The smallest absolute Gasteiger partial charge is 0.271 e. The molecule has 10 heteroatoms. The molecule has 0 spiro atoms. The quantitative estimate of drug-likeness (QED) is 0.416. The van der Waals surface area contributed by atoms with Gasteiger partial charge < -0.3 is 10.1 Å². The van der Waals surface area contributed by atoms with Crippen molar-refractivity contribution in [1.29, 1.82) is 0 Å². The number of benzene rings is 1. The van der Waals surface area contributed by atoms with Crippen molar-refractivity contribution < 1.29 is 9.53 Å². The van der Waals surface area contributed by atoms with Gasteiger partial charge in [-0.15, -0.1) is 0 Å². The second kappa shape index (κ2) is 9.77. The minimum atomic E-state index is -0.217. The van der Waals surface area contributed by atoms with E-state index in [0.29, 0.717) is 23.0 Å². The number of carbonyl (C=O) groups is 1. The predicted octanol–water partition coefficient (Wildman–Crippen LogP) is 4.73. The van der Waals surface area contributed by atoms with Crippen LogP contribution in [0.25, 0.3) is 0 Å². The first-order valence-electron chi connectivity index (χ1n) is 8.94. The van der Waals surface area contributed by atoms with E-state index in [1.165, 1.54) is 0 Å². The highest BCUT2D eigenvalue weighted by atomic mass is 79.9. The fourth-order valence-electron chi connectivity index (χ4n) is 2.70. The summed E-state index contributed by atoms with van der Waals surface area (Å²) in [5.41, 5.74) is 2.39. The highest BCUT2D eigenvalue weighted by Gasteiger charge is 2.11. The molecule has 29 heavy (non-hydrogen) atoms. The van der Waals surface area contributed by atoms with E-state index in [1.807, 2.05) is 18.5 Å². The molecule has 0 fully saturated rings. The van der Waals surface area contributed by atoms with E-state index in [-0.39, 0.29) is 12.6 Å². The minimum absolute atomic E-state index is 0.181. The largest absolute Gasteiger partial charge is 0.470 e. The highest BCUT2D eigenvalue weighted by molar-refractivity contribution is 9.10. The van der Waals surface area contributed by atoms with Crippen LogP contribution in [0.5, 0.6) is 5.75 Å². The van der Waals surface area contributed by atoms with Crippen molar-refractivity contribution in [2.24, 2.45) is 0 Å². The molecule has 0 aliphatic heterocycles. The molecule has 2 aromatic heterocycles. The van der Waals surface area contributed by atoms with E-state index < -0.39 is 0 Å². The number of aromatic nitrogens is 4. The number of halogens is 3. The number of nitrogens with one attached hydrogen (secondary N) is 1. The first-order valence-corrected chi connectivity index (χ1v) is 10.9. The normalized spacial score (nSPS) is 10.9. The number of nitrogens with zero attached hydrogens (tertiary/aromatic N) is 4. The lowest BCUT2D eigenvalue weighted by atomic mass is 10.3. The molecule has 0 aliphatic carbocycles. The number of hydrogen-bond donors (Lipinski definition) is 1. The van der Waals surface area contributed by atoms with Crippen molar-refractivity contribution in [3.63, 3.8) is 0 Å². The molecular formula is C19H20Br2ClN5O2. The number of ether oxygens (including phenoxy) is 1. The van der Waals surface area contributed by atoms with Gasteiger partial charge in [0.2, 0.25) is 0 Å². The topological polar surface area (TPSA) is 74.0 Å². The van der Waals surface area contributed by atoms with Crippen molar-refractivity contribution in [2.75, 3.05) is 6.54 Å². The Kier molecular flexibility index (Phi) is 7.37. The van der Waals surface area contributed by atoms with Crippen molar-refractivity contribution in [3.8, 4) is 5.75 Å². The summed E-state index contributed by atoms with van der Waals surface area (Å²) in [6.07, 6.45) is 2.47. The van der Waals surface area contributed by atoms with Gasteiger partial charge in [0.05, 0.1) is 14.6 Å². The van der Waals surface area contributed by atoms with Crippen LogP contribution >= 0.6 is 43.5 Å². The van der Waals surface area contributed by atoms with Crippen LogP contribution in [0, 0.1) is 13.8 Å². The number of carbonyl (C=O) groups excluding carboxylic acids is 1. The van der Waals surface area contributed by atoms with Crippen LogP contribution < -0.4 is 10.1 Å². The Morgan fingerprint density at radius 1 is 1.24 bits per heavy atom. The zero-order chi connectivity index (χ0) is 21.0. The maximum atomic E-state index is 12.3. The third kappa shape index (κ3) is 5.61. The molecule has 0 aliphatic rings. The van der Waals surface area contributed by atoms with Gasteiger partial charge in [0.1, 0.15) is 11.4 Å². The summed E-state index contributed by atoms with van der Waals surface area (Å²) in [4.78, 5) is 12.3. The molecule has 1 amide bonds. The molecule has 0 radical (unpaired) electrons. The molecule has 7 nitrogen and oxygen atoms in total. The Balaban J connectivity index is 1.45. The number of hydrogen-bond acceptors (Lipinski definition) is 4. The maximum Gasteiger partial charge on any atom is 0.271 e. The highest BCUT2D eigenvalue weighted by Crippen LogP contribution is 2.28. The lowest BCUT2D eigenvalue weighted by molar-refractivity contribution is 0.0945. The average molecular weight is 546 g/mol. The lowest BCUT2D eigenvalue weighted by Gasteiger charge is -2.08. The third-order valence-electron chi connectivity index (χ3n) is 4.24. The van der Waals surface area contributed by atoms with Gasteiger partial charge in [0.15, 0.2) is 6.73 Å². The van der Waals surface area contributed by atoms with E-state index >= 15 is 0 Å². The van der Waals surface area contributed by atoms with Crippen LogP contribution in [-0.4, -0.2) is 32.0 Å². The fraction of sp³-hybridized carbons (Fsp3) is 0.316. The standard InChI is InChI=1S/C19H20Br2ClN5O2/c1-12-18(21)13(2)27(24-12)8-3-7-23-19(28)16-6-9-26(25-16)11-29-17-5-4-14(22)10-15(17)20/h4-6,9-10H,3,7-8,11H2,1-2H3,(H,23,28). The van der Waals surface area contributed by atoms with Gasteiger partial charge in [-0.3, -0.25) is 9.48 Å². The lowest BCUT2D eigenvalue weighted by Crippen LogP contribution is -2.26. The number of amides is 1. The monoisotopic (exact) mass is 543 g/mol. The molecule has 154 valence electrons. The first-order chi connectivity index (χ1) is 13.8. The van der Waals surface area contributed by atoms with Crippen LogP contribution in [0.1, 0.15) is 28.3 Å². The zero-order valence-electron chi connectivity index (χ0n) is 16.0. The second-order valence-corrected chi connectivity index (χ2v) is 8.49. The van der Waals surface area contributed by atoms with Crippen LogP contribution in [0.15, 0.2) is 39.4 Å². The van der Waals surface area contributed by atoms with Gasteiger partial charge in [0.25, 0.3) is 5.91 Å². The zero-order valence-corrected chi connectivity index (χ0v) is 19.9. The van der Waals surface area contributed by atoms with Crippen molar-refractivity contribution in [1.82, 2.24) is 24.9 Å². The van der Waals surface area contributed by atoms with Crippen molar-refractivity contribution >= 4 is 49.4 Å². The summed E-state index contributed by atoms with van der Waals surface area (Å²) in [6.45, 7) is 5.42. The van der Waals surface area contributed by atoms with E-state index in [0.717, 1.165) is 33.3 Å². The average Bonchev–Trinajstić information content (AvgIpc) is 3.25. The summed E-state index contributed by atoms with van der Waals surface area (Å²) in [7, 11) is 0. The fourth-order valence-corrected chi connectivity index (χ4v) is 3.78. The Bertz CT molecular complexity index is 1020. The molecule has 3 aromatic rings. The molecular weight excluding hydrogens is 526 g/mol. The van der Waals surface area contributed by atoms with Crippen LogP contribution in [0.4, 0.5) is 0 Å². The third-order valence-corrected chi connectivity index (χ3v) is 6.25. The molecule has 0 bridgehead atoms. The van der Waals surface area contributed by atoms with Gasteiger partial charge in [-0.25, -0.2) is 4.68 Å². The van der Waals surface area contributed by atoms with E-state index in [2.05, 4.69) is 47.4 Å². The summed E-state index contributed by atoms with van der Waals surface area (Å²) in [5.74, 6) is 0.428. The number of rotatable bonds is 8. The van der Waals surface area contributed by atoms with Crippen LogP contribution in [-0.2, 0) is 13.3 Å². The van der Waals surface area contributed by atoms with Gasteiger partial charge in [-0.2, -0.15) is 10.2 Å². The molecule has 0 atom stereocenters. The molecule has 0 unspecified atom stereocenters. The van der Waals surface area contributed by atoms with Gasteiger partial charge in [-0.1, -0.05) is 11.6 Å². The Labute approximate surface area is 190 Å². The van der Waals surface area contributed by atoms with E-state index in [9.17, 15) is 4.79 Å². The molecule has 2 heterocycles. The number of aryl methyl sites for hydroxylation is 2. The Morgan fingerprint density at radius 3 is 2.72 bits per heavy atom. The molecule has 1 N–H and O–H groups in total. The van der Waals surface area contributed by atoms with E-state index in [1.54, 1.807) is 35.1 Å². The predicted molar refractivity (Wildman–Crippen MR) is 118 cm³/mol. The summed E-state index contributed by atoms with van der Waals surface area (Å²) in [5, 5.41) is 12.2.